The molecule has 0 spiro atoms. The Morgan fingerprint density at radius 2 is 2.16 bits per heavy atom. The molecular weight excluding hydrogens is 326 g/mol. The molecule has 1 N–H and O–H groups in total. The third-order valence-electron chi connectivity index (χ3n) is 2.83. The number of aryl methyl sites for hydroxylation is 1. The summed E-state index contributed by atoms with van der Waals surface area (Å²) < 4.78 is 1.06. The molecule has 0 bridgehead atoms. The third kappa shape index (κ3) is 3.36. The van der Waals surface area contributed by atoms with Gasteiger partial charge in [-0.25, -0.2) is 0 Å². The highest BCUT2D eigenvalue weighted by Crippen LogP contribution is 2.22. The zero-order chi connectivity index (χ0) is 14.0. The van der Waals surface area contributed by atoms with Gasteiger partial charge in [-0.3, -0.25) is 4.79 Å². The molecule has 3 nitrogen and oxygen atoms in total. The van der Waals surface area contributed by atoms with Crippen molar-refractivity contribution in [1.29, 1.82) is 0 Å². The molecule has 19 heavy (non-hydrogen) atoms. The highest BCUT2D eigenvalue weighted by molar-refractivity contribution is 9.11. The standard InChI is InChI=1S/C14H14BrNO2S/c1-9-5-11(17)3-4-12(9)14(18)16(2)7-10-6-13(15)19-8-10/h3-6,8,17H,7H2,1-2H3. The highest BCUT2D eigenvalue weighted by atomic mass is 79.9. The lowest BCUT2D eigenvalue weighted by atomic mass is 10.1. The summed E-state index contributed by atoms with van der Waals surface area (Å²) in [6.07, 6.45) is 0. The molecule has 0 radical (unpaired) electrons. The van der Waals surface area contributed by atoms with Gasteiger partial charge < -0.3 is 10.0 Å². The highest BCUT2D eigenvalue weighted by Gasteiger charge is 2.15. The second-order valence-corrected chi connectivity index (χ2v) is 6.71. The lowest BCUT2D eigenvalue weighted by Crippen LogP contribution is -2.26. The number of hydrogen-bond acceptors (Lipinski definition) is 3. The van der Waals surface area contributed by atoms with E-state index < -0.39 is 0 Å². The number of phenols is 1. The van der Waals surface area contributed by atoms with E-state index in [0.717, 1.165) is 14.9 Å². The van der Waals surface area contributed by atoms with Crippen LogP contribution in [0.3, 0.4) is 0 Å². The lowest BCUT2D eigenvalue weighted by Gasteiger charge is -2.17. The van der Waals surface area contributed by atoms with E-state index in [1.807, 2.05) is 18.4 Å². The Morgan fingerprint density at radius 1 is 1.42 bits per heavy atom. The second kappa shape index (κ2) is 5.75. The molecule has 0 saturated heterocycles. The predicted molar refractivity (Wildman–Crippen MR) is 80.7 cm³/mol. The van der Waals surface area contributed by atoms with Crippen LogP contribution in [0, 0.1) is 6.92 Å². The van der Waals surface area contributed by atoms with Crippen molar-refractivity contribution in [1.82, 2.24) is 4.90 Å². The number of rotatable bonds is 3. The summed E-state index contributed by atoms with van der Waals surface area (Å²) in [4.78, 5) is 14.0. The summed E-state index contributed by atoms with van der Waals surface area (Å²) in [6, 6.07) is 6.81. The van der Waals surface area contributed by atoms with Crippen molar-refractivity contribution in [2.45, 2.75) is 13.5 Å². The molecule has 0 atom stereocenters. The number of thiophene rings is 1. The van der Waals surface area contributed by atoms with Gasteiger partial charge in [0.2, 0.25) is 0 Å². The first-order valence-electron chi connectivity index (χ1n) is 5.75. The molecule has 1 heterocycles. The van der Waals surface area contributed by atoms with Gasteiger partial charge in [0.25, 0.3) is 5.91 Å². The van der Waals surface area contributed by atoms with Crippen LogP contribution >= 0.6 is 27.3 Å². The van der Waals surface area contributed by atoms with E-state index in [9.17, 15) is 9.90 Å². The van der Waals surface area contributed by atoms with Crippen molar-refractivity contribution < 1.29 is 9.90 Å². The van der Waals surface area contributed by atoms with E-state index in [-0.39, 0.29) is 11.7 Å². The van der Waals surface area contributed by atoms with Gasteiger partial charge in [-0.15, -0.1) is 11.3 Å². The number of carbonyl (C=O) groups excluding carboxylic acids is 1. The molecule has 2 aromatic rings. The number of benzene rings is 1. The fourth-order valence-corrected chi connectivity index (χ4v) is 3.07. The van der Waals surface area contributed by atoms with Crippen molar-refractivity contribution in [2.75, 3.05) is 7.05 Å². The molecule has 1 amide bonds. The van der Waals surface area contributed by atoms with E-state index in [2.05, 4.69) is 15.9 Å². The second-order valence-electron chi connectivity index (χ2n) is 4.42. The molecule has 1 aromatic heterocycles. The van der Waals surface area contributed by atoms with Gasteiger partial charge in [-0.05, 0) is 63.6 Å². The summed E-state index contributed by atoms with van der Waals surface area (Å²) in [7, 11) is 1.78. The first-order valence-corrected chi connectivity index (χ1v) is 7.42. The summed E-state index contributed by atoms with van der Waals surface area (Å²) in [5, 5.41) is 11.4. The van der Waals surface area contributed by atoms with Crippen LogP contribution in [-0.4, -0.2) is 23.0 Å². The van der Waals surface area contributed by atoms with Crippen molar-refractivity contribution in [3.8, 4) is 5.75 Å². The number of halogens is 1. The zero-order valence-electron chi connectivity index (χ0n) is 10.7. The third-order valence-corrected chi connectivity index (χ3v) is 4.38. The van der Waals surface area contributed by atoms with E-state index in [4.69, 9.17) is 0 Å². The minimum Gasteiger partial charge on any atom is -0.508 e. The van der Waals surface area contributed by atoms with Gasteiger partial charge in [0, 0.05) is 19.2 Å². The average Bonchev–Trinajstić information content (AvgIpc) is 2.74. The quantitative estimate of drug-likeness (QED) is 0.923. The van der Waals surface area contributed by atoms with Crippen LogP contribution < -0.4 is 0 Å². The Balaban J connectivity index is 2.14. The topological polar surface area (TPSA) is 40.5 Å². The number of hydrogen-bond donors (Lipinski definition) is 1. The van der Waals surface area contributed by atoms with Crippen LogP contribution in [0.15, 0.2) is 33.4 Å². The summed E-state index contributed by atoms with van der Waals surface area (Å²) in [5.74, 6) is 0.137. The maximum Gasteiger partial charge on any atom is 0.254 e. The monoisotopic (exact) mass is 339 g/mol. The van der Waals surface area contributed by atoms with Gasteiger partial charge in [-0.2, -0.15) is 0 Å². The van der Waals surface area contributed by atoms with Crippen molar-refractivity contribution in [2.24, 2.45) is 0 Å². The van der Waals surface area contributed by atoms with Crippen LogP contribution in [0.1, 0.15) is 21.5 Å². The van der Waals surface area contributed by atoms with Crippen molar-refractivity contribution in [3.63, 3.8) is 0 Å². The van der Waals surface area contributed by atoms with E-state index in [1.54, 1.807) is 35.4 Å². The Morgan fingerprint density at radius 3 is 2.74 bits per heavy atom. The van der Waals surface area contributed by atoms with E-state index in [1.165, 1.54) is 6.07 Å². The SMILES string of the molecule is Cc1cc(O)ccc1C(=O)N(C)Cc1csc(Br)c1. The summed E-state index contributed by atoms with van der Waals surface area (Å²) in [6.45, 7) is 2.39. The normalized spacial score (nSPS) is 10.5. The number of aromatic hydroxyl groups is 1. The molecule has 0 fully saturated rings. The average molecular weight is 340 g/mol. The first-order chi connectivity index (χ1) is 8.97. The minimum absolute atomic E-state index is 0.0418. The number of phenolic OH excluding ortho intramolecular Hbond substituents is 1. The van der Waals surface area contributed by atoms with E-state index in [0.29, 0.717) is 12.1 Å². The van der Waals surface area contributed by atoms with Gasteiger partial charge in [-0.1, -0.05) is 0 Å². The number of amides is 1. The molecule has 0 aliphatic heterocycles. The van der Waals surface area contributed by atoms with Crippen LogP contribution in [0.4, 0.5) is 0 Å². The van der Waals surface area contributed by atoms with E-state index >= 15 is 0 Å². The molecular formula is C14H14BrNO2S. The maximum absolute atomic E-state index is 12.3. The molecule has 0 saturated carbocycles. The minimum atomic E-state index is -0.0418. The van der Waals surface area contributed by atoms with Gasteiger partial charge in [0.05, 0.1) is 3.79 Å². The number of nitrogens with zero attached hydrogens (tertiary/aromatic N) is 1. The Kier molecular flexibility index (Phi) is 4.27. The molecule has 0 unspecified atom stereocenters. The van der Waals surface area contributed by atoms with Gasteiger partial charge >= 0.3 is 0 Å². The Bertz CT molecular complexity index is 609. The molecule has 1 aromatic carbocycles. The van der Waals surface area contributed by atoms with Crippen LogP contribution in [0.2, 0.25) is 0 Å². The predicted octanol–water partition coefficient (Wildman–Crippen LogP) is 3.80. The lowest BCUT2D eigenvalue weighted by molar-refractivity contribution is 0.0784. The smallest absolute Gasteiger partial charge is 0.254 e. The van der Waals surface area contributed by atoms with Crippen molar-refractivity contribution >= 4 is 33.2 Å². The number of carbonyl (C=O) groups is 1. The Labute approximate surface area is 124 Å². The van der Waals surface area contributed by atoms with Gasteiger partial charge in [0.1, 0.15) is 5.75 Å². The molecule has 5 heteroatoms. The summed E-state index contributed by atoms with van der Waals surface area (Å²) in [5.41, 5.74) is 2.50. The molecule has 0 aliphatic carbocycles. The molecule has 100 valence electrons. The maximum atomic E-state index is 12.3. The Hall–Kier alpha value is -1.33. The largest absolute Gasteiger partial charge is 0.508 e. The van der Waals surface area contributed by atoms with Crippen molar-refractivity contribution in [3.05, 3.63) is 50.1 Å². The van der Waals surface area contributed by atoms with Crippen LogP contribution in [0.25, 0.3) is 0 Å². The summed E-state index contributed by atoms with van der Waals surface area (Å²) >= 11 is 5.02. The van der Waals surface area contributed by atoms with Crippen LogP contribution in [0.5, 0.6) is 5.75 Å². The fourth-order valence-electron chi connectivity index (χ4n) is 1.87. The molecule has 0 aliphatic rings. The fraction of sp³-hybridized carbons (Fsp3) is 0.214. The van der Waals surface area contributed by atoms with Gasteiger partial charge in [0.15, 0.2) is 0 Å². The zero-order valence-corrected chi connectivity index (χ0v) is 13.1. The first kappa shape index (κ1) is 14.1. The molecule has 2 rings (SSSR count). The van der Waals surface area contributed by atoms with Crippen LogP contribution in [-0.2, 0) is 6.54 Å².